The summed E-state index contributed by atoms with van der Waals surface area (Å²) in [6.45, 7) is 2.46. The van der Waals surface area contributed by atoms with Gasteiger partial charge in [0.25, 0.3) is 0 Å². The van der Waals surface area contributed by atoms with Gasteiger partial charge in [0.2, 0.25) is 11.8 Å². The Morgan fingerprint density at radius 3 is 2.58 bits per heavy atom. The van der Waals surface area contributed by atoms with Crippen LogP contribution in [0.4, 0.5) is 0 Å². The molecule has 1 saturated carbocycles. The van der Waals surface area contributed by atoms with Crippen LogP contribution in [-0.2, 0) is 16.0 Å². The Morgan fingerprint density at radius 1 is 1.12 bits per heavy atom. The standard InChI is InChI=1S/C20H28N2O2S2/c23-18(15-17-7-4-13-25-17)21-10-8-20(9-11-21)22(12-14-26-20)19(24)16-5-2-1-3-6-16/h4,7,13,16H,1-3,5-6,8-12,14-15H2. The van der Waals surface area contributed by atoms with Crippen molar-refractivity contribution in [2.75, 3.05) is 25.4 Å². The molecule has 0 unspecified atom stereocenters. The zero-order valence-electron chi connectivity index (χ0n) is 15.3. The molecule has 3 aliphatic rings. The van der Waals surface area contributed by atoms with Gasteiger partial charge in [-0.1, -0.05) is 25.3 Å². The Labute approximate surface area is 164 Å². The molecule has 0 aromatic carbocycles. The van der Waals surface area contributed by atoms with Crippen LogP contribution in [0, 0.1) is 5.92 Å². The highest BCUT2D eigenvalue weighted by molar-refractivity contribution is 8.00. The molecule has 1 aliphatic carbocycles. The lowest BCUT2D eigenvalue weighted by atomic mass is 9.87. The number of amides is 2. The van der Waals surface area contributed by atoms with E-state index in [1.165, 1.54) is 19.3 Å². The zero-order valence-corrected chi connectivity index (χ0v) is 17.0. The van der Waals surface area contributed by atoms with Crippen molar-refractivity contribution in [1.29, 1.82) is 0 Å². The molecule has 1 spiro atoms. The van der Waals surface area contributed by atoms with Gasteiger partial charge in [-0.2, -0.15) is 0 Å². The van der Waals surface area contributed by atoms with Gasteiger partial charge in [-0.3, -0.25) is 9.59 Å². The average Bonchev–Trinajstić information content (AvgIpc) is 3.33. The SMILES string of the molecule is O=C(Cc1cccs1)N1CCC2(CC1)SCCN2C(=O)C1CCCCC1. The molecule has 1 aromatic heterocycles. The van der Waals surface area contributed by atoms with Crippen LogP contribution in [0.5, 0.6) is 0 Å². The maximum Gasteiger partial charge on any atom is 0.227 e. The molecular weight excluding hydrogens is 364 g/mol. The number of nitrogens with zero attached hydrogens (tertiary/aromatic N) is 2. The molecule has 0 N–H and O–H groups in total. The summed E-state index contributed by atoms with van der Waals surface area (Å²) in [5.74, 6) is 1.92. The van der Waals surface area contributed by atoms with Crippen LogP contribution < -0.4 is 0 Å². The third kappa shape index (κ3) is 3.68. The summed E-state index contributed by atoms with van der Waals surface area (Å²) >= 11 is 3.60. The second-order valence-electron chi connectivity index (χ2n) is 7.76. The number of thiophene rings is 1. The molecule has 4 nitrogen and oxygen atoms in total. The van der Waals surface area contributed by atoms with E-state index in [9.17, 15) is 9.59 Å². The van der Waals surface area contributed by atoms with Gasteiger partial charge in [0.05, 0.1) is 11.3 Å². The molecular formula is C20H28N2O2S2. The summed E-state index contributed by atoms with van der Waals surface area (Å²) in [5.41, 5.74) is 0. The summed E-state index contributed by atoms with van der Waals surface area (Å²) in [7, 11) is 0. The Bertz CT molecular complexity index is 632. The van der Waals surface area contributed by atoms with Crippen molar-refractivity contribution in [2.45, 2.75) is 56.2 Å². The largest absolute Gasteiger partial charge is 0.342 e. The van der Waals surface area contributed by atoms with Gasteiger partial charge in [-0.05, 0) is 37.1 Å². The Balaban J connectivity index is 1.37. The van der Waals surface area contributed by atoms with Gasteiger partial charge >= 0.3 is 0 Å². The van der Waals surface area contributed by atoms with E-state index >= 15 is 0 Å². The Kier molecular flexibility index (Phi) is 5.60. The number of likely N-dealkylation sites (tertiary alicyclic amines) is 1. The zero-order chi connectivity index (χ0) is 18.0. The van der Waals surface area contributed by atoms with Gasteiger partial charge in [-0.25, -0.2) is 0 Å². The lowest BCUT2D eigenvalue weighted by Gasteiger charge is -2.45. The first-order valence-electron chi connectivity index (χ1n) is 9.94. The van der Waals surface area contributed by atoms with E-state index in [4.69, 9.17) is 0 Å². The van der Waals surface area contributed by atoms with Crippen molar-refractivity contribution in [3.8, 4) is 0 Å². The third-order valence-corrected chi connectivity index (χ3v) is 8.63. The van der Waals surface area contributed by atoms with Gasteiger partial charge in [0, 0.05) is 36.2 Å². The highest BCUT2D eigenvalue weighted by atomic mass is 32.2. The topological polar surface area (TPSA) is 40.6 Å². The molecule has 0 atom stereocenters. The molecule has 4 rings (SSSR count). The summed E-state index contributed by atoms with van der Waals surface area (Å²) in [6.07, 6.45) is 8.19. The monoisotopic (exact) mass is 392 g/mol. The summed E-state index contributed by atoms with van der Waals surface area (Å²) in [4.78, 5) is 31.0. The number of rotatable bonds is 3. The van der Waals surface area contributed by atoms with E-state index < -0.39 is 0 Å². The molecule has 3 heterocycles. The summed E-state index contributed by atoms with van der Waals surface area (Å²) in [6, 6.07) is 4.04. The fraction of sp³-hybridized carbons (Fsp3) is 0.700. The summed E-state index contributed by atoms with van der Waals surface area (Å²) in [5, 5.41) is 2.03. The van der Waals surface area contributed by atoms with Crippen LogP contribution in [0.25, 0.3) is 0 Å². The minimum Gasteiger partial charge on any atom is -0.342 e. The number of thioether (sulfide) groups is 1. The van der Waals surface area contributed by atoms with E-state index in [1.54, 1.807) is 11.3 Å². The van der Waals surface area contributed by atoms with Gasteiger partial charge < -0.3 is 9.80 Å². The summed E-state index contributed by atoms with van der Waals surface area (Å²) < 4.78 is 0. The predicted octanol–water partition coefficient (Wildman–Crippen LogP) is 3.77. The number of hydrogen-bond donors (Lipinski definition) is 0. The second-order valence-corrected chi connectivity index (χ2v) is 10.2. The number of carbonyl (C=O) groups excluding carboxylic acids is 2. The highest BCUT2D eigenvalue weighted by Gasteiger charge is 2.48. The van der Waals surface area contributed by atoms with Crippen molar-refractivity contribution in [3.63, 3.8) is 0 Å². The number of hydrogen-bond acceptors (Lipinski definition) is 4. The number of piperidine rings is 1. The molecule has 0 bridgehead atoms. The van der Waals surface area contributed by atoms with Crippen molar-refractivity contribution in [2.24, 2.45) is 5.92 Å². The van der Waals surface area contributed by atoms with E-state index in [1.807, 2.05) is 34.2 Å². The minimum absolute atomic E-state index is 0.0474. The molecule has 6 heteroatoms. The first-order valence-corrected chi connectivity index (χ1v) is 11.8. The van der Waals surface area contributed by atoms with Crippen molar-refractivity contribution >= 4 is 34.9 Å². The molecule has 142 valence electrons. The van der Waals surface area contributed by atoms with Crippen molar-refractivity contribution in [1.82, 2.24) is 9.80 Å². The Morgan fingerprint density at radius 2 is 1.88 bits per heavy atom. The molecule has 3 fully saturated rings. The van der Waals surface area contributed by atoms with Crippen molar-refractivity contribution < 1.29 is 9.59 Å². The fourth-order valence-electron chi connectivity index (χ4n) is 4.68. The van der Waals surface area contributed by atoms with Crippen LogP contribution in [0.2, 0.25) is 0 Å². The van der Waals surface area contributed by atoms with Gasteiger partial charge in [0.15, 0.2) is 0 Å². The maximum absolute atomic E-state index is 13.1. The smallest absolute Gasteiger partial charge is 0.227 e. The van der Waals surface area contributed by atoms with Crippen LogP contribution in [-0.4, -0.2) is 51.9 Å². The normalized spacial score (nSPS) is 23.5. The van der Waals surface area contributed by atoms with Crippen LogP contribution in [0.15, 0.2) is 17.5 Å². The van der Waals surface area contributed by atoms with Crippen LogP contribution in [0.3, 0.4) is 0 Å². The van der Waals surface area contributed by atoms with E-state index in [0.29, 0.717) is 12.3 Å². The van der Waals surface area contributed by atoms with E-state index in [-0.39, 0.29) is 16.7 Å². The average molecular weight is 393 g/mol. The maximum atomic E-state index is 13.1. The molecule has 1 aromatic rings. The molecule has 26 heavy (non-hydrogen) atoms. The van der Waals surface area contributed by atoms with Crippen LogP contribution in [0.1, 0.15) is 49.8 Å². The van der Waals surface area contributed by atoms with E-state index in [0.717, 1.165) is 55.9 Å². The predicted molar refractivity (Wildman–Crippen MR) is 107 cm³/mol. The molecule has 2 amide bonds. The van der Waals surface area contributed by atoms with Crippen LogP contribution >= 0.6 is 23.1 Å². The quantitative estimate of drug-likeness (QED) is 0.786. The Hall–Kier alpha value is -1.01. The third-order valence-electron chi connectivity index (χ3n) is 6.20. The van der Waals surface area contributed by atoms with Crippen molar-refractivity contribution in [3.05, 3.63) is 22.4 Å². The molecule has 2 saturated heterocycles. The minimum atomic E-state index is -0.0474. The van der Waals surface area contributed by atoms with Gasteiger partial charge in [-0.15, -0.1) is 23.1 Å². The first kappa shape index (κ1) is 18.4. The first-order chi connectivity index (χ1) is 12.7. The fourth-order valence-corrected chi connectivity index (χ4v) is 6.84. The lowest BCUT2D eigenvalue weighted by Crippen LogP contribution is -2.55. The molecule has 0 radical (unpaired) electrons. The number of carbonyl (C=O) groups is 2. The lowest BCUT2D eigenvalue weighted by molar-refractivity contribution is -0.141. The highest BCUT2D eigenvalue weighted by Crippen LogP contribution is 2.45. The van der Waals surface area contributed by atoms with Gasteiger partial charge in [0.1, 0.15) is 0 Å². The van der Waals surface area contributed by atoms with E-state index in [2.05, 4.69) is 4.90 Å². The molecule has 2 aliphatic heterocycles. The second kappa shape index (κ2) is 7.93.